The van der Waals surface area contributed by atoms with Crippen LogP contribution in [0.3, 0.4) is 0 Å². The Morgan fingerprint density at radius 3 is 2.81 bits per heavy atom. The first-order valence-corrected chi connectivity index (χ1v) is 7.82. The summed E-state index contributed by atoms with van der Waals surface area (Å²) in [5.74, 6) is 0.730. The van der Waals surface area contributed by atoms with Gasteiger partial charge in [-0.15, -0.1) is 0 Å². The summed E-state index contributed by atoms with van der Waals surface area (Å²) in [4.78, 5) is 11.9. The number of nitrogens with one attached hydrogen (secondary N) is 1. The van der Waals surface area contributed by atoms with E-state index < -0.39 is 0 Å². The summed E-state index contributed by atoms with van der Waals surface area (Å²) in [7, 11) is 0. The van der Waals surface area contributed by atoms with Crippen molar-refractivity contribution in [2.24, 2.45) is 5.73 Å². The van der Waals surface area contributed by atoms with Crippen molar-refractivity contribution in [1.82, 2.24) is 5.32 Å². The van der Waals surface area contributed by atoms with Crippen LogP contribution in [0.25, 0.3) is 0 Å². The van der Waals surface area contributed by atoms with Crippen LogP contribution in [-0.4, -0.2) is 24.6 Å². The van der Waals surface area contributed by atoms with Crippen molar-refractivity contribution in [1.29, 1.82) is 0 Å². The van der Waals surface area contributed by atoms with Crippen molar-refractivity contribution in [3.8, 4) is 5.75 Å². The lowest BCUT2D eigenvalue weighted by atomic mass is 10.0. The molecule has 1 saturated carbocycles. The first-order valence-electron chi connectivity index (χ1n) is 7.82. The third-order valence-electron chi connectivity index (χ3n) is 3.84. The fourth-order valence-corrected chi connectivity index (χ4v) is 2.84. The van der Waals surface area contributed by atoms with Crippen LogP contribution in [0.4, 0.5) is 0 Å². The summed E-state index contributed by atoms with van der Waals surface area (Å²) in [6, 6.07) is 6.40. The Morgan fingerprint density at radius 1 is 1.43 bits per heavy atom. The van der Waals surface area contributed by atoms with Crippen LogP contribution in [0.1, 0.15) is 43.7 Å². The number of carbonyl (C=O) groups excluding carboxylic acids is 1. The van der Waals surface area contributed by atoms with Gasteiger partial charge in [0.1, 0.15) is 5.75 Å². The van der Waals surface area contributed by atoms with Crippen LogP contribution in [0, 0.1) is 6.92 Å². The van der Waals surface area contributed by atoms with Crippen molar-refractivity contribution in [3.05, 3.63) is 29.3 Å². The zero-order valence-electron chi connectivity index (χ0n) is 13.0. The van der Waals surface area contributed by atoms with E-state index in [1.807, 2.05) is 26.0 Å². The molecule has 0 aromatic heterocycles. The number of amides is 1. The lowest BCUT2D eigenvalue weighted by Crippen LogP contribution is -2.36. The van der Waals surface area contributed by atoms with Gasteiger partial charge in [0.2, 0.25) is 0 Å². The smallest absolute Gasteiger partial charge is 0.258 e. The van der Waals surface area contributed by atoms with Gasteiger partial charge in [0.25, 0.3) is 5.91 Å². The molecule has 1 fully saturated rings. The van der Waals surface area contributed by atoms with Crippen LogP contribution in [0.5, 0.6) is 5.75 Å². The minimum Gasteiger partial charge on any atom is -0.483 e. The van der Waals surface area contributed by atoms with Gasteiger partial charge in [0, 0.05) is 12.1 Å². The third kappa shape index (κ3) is 5.05. The van der Waals surface area contributed by atoms with E-state index in [1.54, 1.807) is 0 Å². The van der Waals surface area contributed by atoms with Gasteiger partial charge in [-0.05, 0) is 44.7 Å². The average molecular weight is 290 g/mol. The van der Waals surface area contributed by atoms with E-state index in [0.717, 1.165) is 30.6 Å². The largest absolute Gasteiger partial charge is 0.483 e. The normalized spacial score (nSPS) is 16.7. The number of hydrogen-bond acceptors (Lipinski definition) is 3. The molecule has 0 aliphatic heterocycles. The van der Waals surface area contributed by atoms with Crippen LogP contribution < -0.4 is 15.8 Å². The monoisotopic (exact) mass is 290 g/mol. The summed E-state index contributed by atoms with van der Waals surface area (Å²) in [5, 5.41) is 3.03. The molecule has 4 heteroatoms. The number of ether oxygens (including phenoxy) is 1. The van der Waals surface area contributed by atoms with E-state index in [9.17, 15) is 4.79 Å². The van der Waals surface area contributed by atoms with Crippen molar-refractivity contribution < 1.29 is 9.53 Å². The standard InChI is InChI=1S/C17H26N2O2/c1-12-7-8-16(14(9-12)10-13(2)18)21-11-17(20)19-15-5-3-4-6-15/h7-9,13,15H,3-6,10-11,18H2,1-2H3,(H,19,20). The van der Waals surface area contributed by atoms with Gasteiger partial charge in [-0.2, -0.15) is 0 Å². The molecule has 0 spiro atoms. The molecule has 2 rings (SSSR count). The van der Waals surface area contributed by atoms with E-state index in [4.69, 9.17) is 10.5 Å². The Bertz CT molecular complexity index is 480. The fraction of sp³-hybridized carbons (Fsp3) is 0.588. The molecule has 0 bridgehead atoms. The first-order chi connectivity index (χ1) is 10.0. The van der Waals surface area contributed by atoms with E-state index in [0.29, 0.717) is 6.04 Å². The predicted molar refractivity (Wildman–Crippen MR) is 84.4 cm³/mol. The molecule has 116 valence electrons. The SMILES string of the molecule is Cc1ccc(OCC(=O)NC2CCCC2)c(CC(C)N)c1. The molecule has 4 nitrogen and oxygen atoms in total. The minimum absolute atomic E-state index is 0.0331. The molecule has 1 aliphatic carbocycles. The molecule has 1 aliphatic rings. The zero-order valence-corrected chi connectivity index (χ0v) is 13.0. The predicted octanol–water partition coefficient (Wildman–Crippen LogP) is 2.32. The number of nitrogens with two attached hydrogens (primary N) is 1. The Kier molecular flexibility index (Phi) is 5.62. The molecule has 0 radical (unpaired) electrons. The molecule has 1 atom stereocenters. The second-order valence-electron chi connectivity index (χ2n) is 6.13. The molecule has 21 heavy (non-hydrogen) atoms. The van der Waals surface area contributed by atoms with Crippen LogP contribution in [-0.2, 0) is 11.2 Å². The van der Waals surface area contributed by atoms with Gasteiger partial charge in [-0.1, -0.05) is 30.5 Å². The summed E-state index contributed by atoms with van der Waals surface area (Å²) >= 11 is 0. The Morgan fingerprint density at radius 2 is 2.14 bits per heavy atom. The lowest BCUT2D eigenvalue weighted by molar-refractivity contribution is -0.123. The molecule has 1 unspecified atom stereocenters. The summed E-state index contributed by atoms with van der Waals surface area (Å²) in [6.45, 7) is 4.09. The molecule has 0 saturated heterocycles. The molecular weight excluding hydrogens is 264 g/mol. The second kappa shape index (κ2) is 7.46. The topological polar surface area (TPSA) is 64.3 Å². The molecule has 1 aromatic carbocycles. The lowest BCUT2D eigenvalue weighted by Gasteiger charge is -2.15. The highest BCUT2D eigenvalue weighted by atomic mass is 16.5. The molecule has 1 amide bonds. The van der Waals surface area contributed by atoms with E-state index in [1.165, 1.54) is 18.4 Å². The van der Waals surface area contributed by atoms with E-state index >= 15 is 0 Å². The van der Waals surface area contributed by atoms with Gasteiger partial charge >= 0.3 is 0 Å². The molecule has 1 aromatic rings. The number of hydrogen-bond donors (Lipinski definition) is 2. The van der Waals surface area contributed by atoms with Crippen molar-refractivity contribution >= 4 is 5.91 Å². The van der Waals surface area contributed by atoms with Crippen LogP contribution in [0.15, 0.2) is 18.2 Å². The number of aryl methyl sites for hydroxylation is 1. The highest BCUT2D eigenvalue weighted by Crippen LogP contribution is 2.22. The second-order valence-corrected chi connectivity index (χ2v) is 6.13. The molecule has 0 heterocycles. The van der Waals surface area contributed by atoms with Crippen molar-refractivity contribution in [2.75, 3.05) is 6.61 Å². The van der Waals surface area contributed by atoms with Crippen molar-refractivity contribution in [3.63, 3.8) is 0 Å². The van der Waals surface area contributed by atoms with Gasteiger partial charge < -0.3 is 15.8 Å². The van der Waals surface area contributed by atoms with Gasteiger partial charge in [0.15, 0.2) is 6.61 Å². The quantitative estimate of drug-likeness (QED) is 0.845. The van der Waals surface area contributed by atoms with Crippen LogP contribution >= 0.6 is 0 Å². The van der Waals surface area contributed by atoms with Gasteiger partial charge in [0.05, 0.1) is 0 Å². The number of carbonyl (C=O) groups is 1. The van der Waals surface area contributed by atoms with E-state index in [2.05, 4.69) is 11.4 Å². The zero-order chi connectivity index (χ0) is 15.2. The maximum atomic E-state index is 11.9. The fourth-order valence-electron chi connectivity index (χ4n) is 2.84. The molecule has 3 N–H and O–H groups in total. The first kappa shape index (κ1) is 15.8. The number of rotatable bonds is 6. The van der Waals surface area contributed by atoms with E-state index in [-0.39, 0.29) is 18.6 Å². The summed E-state index contributed by atoms with van der Waals surface area (Å²) in [5.41, 5.74) is 8.12. The summed E-state index contributed by atoms with van der Waals surface area (Å²) < 4.78 is 5.70. The number of benzene rings is 1. The third-order valence-corrected chi connectivity index (χ3v) is 3.84. The van der Waals surface area contributed by atoms with Gasteiger partial charge in [-0.3, -0.25) is 4.79 Å². The Hall–Kier alpha value is -1.55. The highest BCUT2D eigenvalue weighted by Gasteiger charge is 2.17. The highest BCUT2D eigenvalue weighted by molar-refractivity contribution is 5.77. The maximum absolute atomic E-state index is 11.9. The van der Waals surface area contributed by atoms with Gasteiger partial charge in [-0.25, -0.2) is 0 Å². The van der Waals surface area contributed by atoms with Crippen molar-refractivity contribution in [2.45, 2.75) is 58.0 Å². The summed E-state index contributed by atoms with van der Waals surface area (Å²) in [6.07, 6.45) is 5.35. The Balaban J connectivity index is 1.90. The Labute approximate surface area is 127 Å². The maximum Gasteiger partial charge on any atom is 0.258 e. The van der Waals surface area contributed by atoms with Crippen LogP contribution in [0.2, 0.25) is 0 Å². The molecular formula is C17H26N2O2. The average Bonchev–Trinajstić information content (AvgIpc) is 2.90. The minimum atomic E-state index is -0.0331.